The van der Waals surface area contributed by atoms with E-state index in [1.807, 2.05) is 6.07 Å². The summed E-state index contributed by atoms with van der Waals surface area (Å²) in [5, 5.41) is 2.54. The van der Waals surface area contributed by atoms with Crippen LogP contribution < -0.4 is 5.32 Å². The van der Waals surface area contributed by atoms with E-state index in [-0.39, 0.29) is 0 Å². The fraction of sp³-hybridized carbons (Fsp3) is 0.400. The molecule has 1 aromatic rings. The SMILES string of the molecule is COC(=O)C(NC(=O)c1ccccc1C)C(C)OC(C)=O. The summed E-state index contributed by atoms with van der Waals surface area (Å²) >= 11 is 0. The van der Waals surface area contributed by atoms with Gasteiger partial charge in [0.05, 0.1) is 7.11 Å². The molecule has 6 heteroatoms. The maximum Gasteiger partial charge on any atom is 0.332 e. The van der Waals surface area contributed by atoms with Crippen LogP contribution in [0.4, 0.5) is 0 Å². The Kier molecular flexibility index (Phi) is 5.90. The number of ether oxygens (including phenoxy) is 2. The smallest absolute Gasteiger partial charge is 0.332 e. The normalized spacial score (nSPS) is 13.0. The van der Waals surface area contributed by atoms with Crippen molar-refractivity contribution in [2.75, 3.05) is 7.11 Å². The first-order valence-corrected chi connectivity index (χ1v) is 6.48. The summed E-state index contributed by atoms with van der Waals surface area (Å²) in [5.74, 6) is -1.64. The van der Waals surface area contributed by atoms with Gasteiger partial charge >= 0.3 is 11.9 Å². The van der Waals surface area contributed by atoms with E-state index in [1.54, 1.807) is 25.1 Å². The molecule has 114 valence electrons. The maximum absolute atomic E-state index is 12.2. The molecule has 0 spiro atoms. The number of carbonyl (C=O) groups excluding carboxylic acids is 3. The Morgan fingerprint density at radius 3 is 2.33 bits per heavy atom. The van der Waals surface area contributed by atoms with Gasteiger partial charge < -0.3 is 14.8 Å². The number of esters is 2. The molecule has 1 aromatic carbocycles. The monoisotopic (exact) mass is 293 g/mol. The lowest BCUT2D eigenvalue weighted by Gasteiger charge is -2.22. The van der Waals surface area contributed by atoms with Crippen LogP contribution in [-0.2, 0) is 19.1 Å². The van der Waals surface area contributed by atoms with Crippen LogP contribution in [0.15, 0.2) is 24.3 Å². The van der Waals surface area contributed by atoms with Crippen molar-refractivity contribution in [1.29, 1.82) is 0 Å². The van der Waals surface area contributed by atoms with Gasteiger partial charge in [-0.05, 0) is 25.5 Å². The van der Waals surface area contributed by atoms with Crippen LogP contribution in [0, 0.1) is 6.92 Å². The number of rotatable bonds is 5. The summed E-state index contributed by atoms with van der Waals surface area (Å²) in [5.41, 5.74) is 1.22. The van der Waals surface area contributed by atoms with Gasteiger partial charge in [-0.25, -0.2) is 4.79 Å². The molecule has 1 rings (SSSR count). The highest BCUT2D eigenvalue weighted by Crippen LogP contribution is 2.09. The van der Waals surface area contributed by atoms with Crippen molar-refractivity contribution in [1.82, 2.24) is 5.32 Å². The molecular formula is C15H19NO5. The minimum Gasteiger partial charge on any atom is -0.467 e. The topological polar surface area (TPSA) is 81.7 Å². The highest BCUT2D eigenvalue weighted by atomic mass is 16.6. The van der Waals surface area contributed by atoms with Gasteiger partial charge in [-0.1, -0.05) is 18.2 Å². The van der Waals surface area contributed by atoms with Gasteiger partial charge in [0.1, 0.15) is 6.10 Å². The van der Waals surface area contributed by atoms with E-state index < -0.39 is 30.0 Å². The minimum atomic E-state index is -1.06. The number of nitrogens with one attached hydrogen (secondary N) is 1. The molecule has 6 nitrogen and oxygen atoms in total. The third kappa shape index (κ3) is 4.59. The highest BCUT2D eigenvalue weighted by Gasteiger charge is 2.30. The molecule has 0 aromatic heterocycles. The molecular weight excluding hydrogens is 274 g/mol. The lowest BCUT2D eigenvalue weighted by Crippen LogP contribution is -2.49. The Labute approximate surface area is 123 Å². The number of benzene rings is 1. The van der Waals surface area contributed by atoms with Crippen molar-refractivity contribution in [3.05, 3.63) is 35.4 Å². The van der Waals surface area contributed by atoms with E-state index in [4.69, 9.17) is 4.74 Å². The average Bonchev–Trinajstić information content (AvgIpc) is 2.43. The minimum absolute atomic E-state index is 0.428. The zero-order valence-electron chi connectivity index (χ0n) is 12.5. The van der Waals surface area contributed by atoms with E-state index in [1.165, 1.54) is 21.0 Å². The largest absolute Gasteiger partial charge is 0.467 e. The first-order valence-electron chi connectivity index (χ1n) is 6.48. The molecule has 0 heterocycles. The third-order valence-corrected chi connectivity index (χ3v) is 2.95. The maximum atomic E-state index is 12.2. The Hall–Kier alpha value is -2.37. The summed E-state index contributed by atoms with van der Waals surface area (Å²) in [6.45, 7) is 4.53. The fourth-order valence-electron chi connectivity index (χ4n) is 1.87. The fourth-order valence-corrected chi connectivity index (χ4v) is 1.87. The van der Waals surface area contributed by atoms with Crippen molar-refractivity contribution in [2.45, 2.75) is 32.9 Å². The molecule has 0 radical (unpaired) electrons. The predicted octanol–water partition coefficient (Wildman–Crippen LogP) is 1.22. The lowest BCUT2D eigenvalue weighted by molar-refractivity contribution is -0.154. The number of amides is 1. The van der Waals surface area contributed by atoms with Gasteiger partial charge in [-0.15, -0.1) is 0 Å². The second-order valence-corrected chi connectivity index (χ2v) is 4.60. The number of methoxy groups -OCH3 is 1. The summed E-state index contributed by atoms with van der Waals surface area (Å²) in [7, 11) is 1.20. The Morgan fingerprint density at radius 2 is 1.81 bits per heavy atom. The van der Waals surface area contributed by atoms with Gasteiger partial charge in [-0.2, -0.15) is 0 Å². The number of aryl methyl sites for hydroxylation is 1. The van der Waals surface area contributed by atoms with Crippen molar-refractivity contribution in [2.24, 2.45) is 0 Å². The van der Waals surface area contributed by atoms with Crippen molar-refractivity contribution in [3.63, 3.8) is 0 Å². The van der Waals surface area contributed by atoms with Gasteiger partial charge in [0.25, 0.3) is 5.91 Å². The van der Waals surface area contributed by atoms with Crippen molar-refractivity contribution >= 4 is 17.8 Å². The molecule has 0 aliphatic carbocycles. The molecule has 0 aliphatic heterocycles. The van der Waals surface area contributed by atoms with Crippen LogP contribution in [0.5, 0.6) is 0 Å². The first kappa shape index (κ1) is 16.7. The quantitative estimate of drug-likeness (QED) is 0.825. The highest BCUT2D eigenvalue weighted by molar-refractivity contribution is 5.98. The molecule has 1 amide bonds. The van der Waals surface area contributed by atoms with Crippen molar-refractivity contribution in [3.8, 4) is 0 Å². The summed E-state index contributed by atoms with van der Waals surface area (Å²) in [6.07, 6.45) is -0.831. The van der Waals surface area contributed by atoms with E-state index in [0.29, 0.717) is 5.56 Å². The Morgan fingerprint density at radius 1 is 1.19 bits per heavy atom. The molecule has 1 N–H and O–H groups in total. The van der Waals surface area contributed by atoms with Crippen LogP contribution in [0.25, 0.3) is 0 Å². The third-order valence-electron chi connectivity index (χ3n) is 2.95. The molecule has 0 fully saturated rings. The van der Waals surface area contributed by atoms with Crippen molar-refractivity contribution < 1.29 is 23.9 Å². The van der Waals surface area contributed by atoms with Gasteiger partial charge in [0.2, 0.25) is 0 Å². The van der Waals surface area contributed by atoms with Crippen LogP contribution in [-0.4, -0.2) is 37.1 Å². The van der Waals surface area contributed by atoms with E-state index in [2.05, 4.69) is 10.1 Å². The lowest BCUT2D eigenvalue weighted by atomic mass is 10.1. The molecule has 21 heavy (non-hydrogen) atoms. The zero-order chi connectivity index (χ0) is 16.0. The van der Waals surface area contributed by atoms with Gasteiger partial charge in [0, 0.05) is 12.5 Å². The summed E-state index contributed by atoms with van der Waals surface area (Å²) < 4.78 is 9.58. The van der Waals surface area contributed by atoms with E-state index in [0.717, 1.165) is 5.56 Å². The molecule has 2 atom stereocenters. The standard InChI is InChI=1S/C15H19NO5/c1-9-7-5-6-8-12(9)14(18)16-13(15(19)20-4)10(2)21-11(3)17/h5-8,10,13H,1-4H3,(H,16,18). The second kappa shape index (κ2) is 7.42. The number of hydrogen-bond donors (Lipinski definition) is 1. The van der Waals surface area contributed by atoms with E-state index >= 15 is 0 Å². The molecule has 0 bridgehead atoms. The van der Waals surface area contributed by atoms with Crippen LogP contribution in [0.1, 0.15) is 29.8 Å². The zero-order valence-corrected chi connectivity index (χ0v) is 12.5. The summed E-state index contributed by atoms with van der Waals surface area (Å²) in [6, 6.07) is 5.91. The second-order valence-electron chi connectivity index (χ2n) is 4.60. The molecule has 0 saturated heterocycles. The summed E-state index contributed by atoms with van der Waals surface area (Å²) in [4.78, 5) is 35.0. The van der Waals surface area contributed by atoms with Gasteiger partial charge in [-0.3, -0.25) is 9.59 Å². The Balaban J connectivity index is 2.91. The molecule has 2 unspecified atom stereocenters. The number of carbonyl (C=O) groups is 3. The van der Waals surface area contributed by atoms with E-state index in [9.17, 15) is 14.4 Å². The molecule has 0 aliphatic rings. The van der Waals surface area contributed by atoms with Crippen LogP contribution >= 0.6 is 0 Å². The first-order chi connectivity index (χ1) is 9.86. The van der Waals surface area contributed by atoms with Crippen LogP contribution in [0.2, 0.25) is 0 Å². The number of hydrogen-bond acceptors (Lipinski definition) is 5. The Bertz CT molecular complexity index is 541. The molecule has 0 saturated carbocycles. The predicted molar refractivity (Wildman–Crippen MR) is 75.7 cm³/mol. The average molecular weight is 293 g/mol. The van der Waals surface area contributed by atoms with Gasteiger partial charge in [0.15, 0.2) is 6.04 Å². The van der Waals surface area contributed by atoms with Crippen LogP contribution in [0.3, 0.4) is 0 Å².